The average Bonchev–Trinajstić information content (AvgIpc) is 1.63. The van der Waals surface area contributed by atoms with Crippen LogP contribution in [0.4, 0.5) is 0 Å². The summed E-state index contributed by atoms with van der Waals surface area (Å²) in [5.74, 6) is -13.2. The number of carboxylic acids is 1. The van der Waals surface area contributed by atoms with E-state index in [0.29, 0.717) is 49.8 Å². The SMILES string of the molecule is CCC(C)[C@H](NC(=O)[C@H](CCCN=C(N)N)NC(=O)[C@H](CCCN=C(N)N)NC(=O)[C@H](CC(C)C)NC(=O)[C@H](Cc1ccccc1)NC(=O)CNC(=O)[C@@H](CO)NC(=O)[C@@H](N)Cc1ccc(O)cc1)C(=O)N[C@@H](CCCN=C(N)N)C(=O)N1CCC[C@H]1C(=O)N[C@@H](CCCCN)C(=O)N[C@@H](CC(C)C)C(=O)N[C@@H](CCCCN)C(=O)O. The van der Waals surface area contributed by atoms with Gasteiger partial charge >= 0.3 is 5.97 Å². The first kappa shape index (κ1) is 99.2. The monoisotopic (exact) mass is 1630 g/mol. The minimum atomic E-state index is -1.55. The Bertz CT molecular complexity index is 3580. The number of phenols is 1. The lowest BCUT2D eigenvalue weighted by Crippen LogP contribution is -2.61. The van der Waals surface area contributed by atoms with E-state index in [-0.39, 0.29) is 158 Å². The summed E-state index contributed by atoms with van der Waals surface area (Å²) < 4.78 is 0. The standard InChI is InChI=1S/C76H128N24O16/c1-7-45(6)61(71(113)94-53(25-17-35-88-76(84)85)72(114)100-36-18-26-59(100)70(112)93-50(21-11-13-31-77)65(107)96-56(38-44(4)5)68(110)95-54(73(115)116)22-12-14-32-78)99-66(108)52(24-16-34-87-75(82)83)91-64(106)51(23-15-33-86-74(80)81)92-67(109)55(37-43(2)3)97-69(111)57(40-46-19-9-8-10-20-46)90-60(103)41-89-63(105)58(42-101)98-62(104)49(79)39-47-27-29-48(102)30-28-47/h8-10,19-20,27-30,43-45,49-59,61,101-102H,7,11-18,21-26,31-42,77-79H2,1-6H3,(H,89,105)(H,90,103)(H,91,106)(H,92,109)(H,93,112)(H,94,113)(H,95,110)(H,96,107)(H,97,111)(H,98,104)(H,99,108)(H,115,116)(H4,80,81,86)(H4,82,83,87)(H4,84,85,88)/t45?,49-,50-,51-,52-,53-,54-,55-,56-,57-,58+,59-,61-/m0/s1. The Balaban J connectivity index is 1.99. The number of unbranched alkanes of at least 4 members (excludes halogenated alkanes) is 2. The third kappa shape index (κ3) is 37.5. The summed E-state index contributed by atoms with van der Waals surface area (Å²) in [6.07, 6.45) is 2.40. The van der Waals surface area contributed by atoms with E-state index in [2.05, 4.69) is 73.5 Å². The molecule has 648 valence electrons. The van der Waals surface area contributed by atoms with E-state index >= 15 is 4.79 Å². The Morgan fingerprint density at radius 3 is 1.37 bits per heavy atom. The number of carbonyl (C=O) groups is 13. The van der Waals surface area contributed by atoms with E-state index in [1.165, 1.54) is 17.0 Å². The fraction of sp³-hybridized carbons (Fsp3) is 0.632. The summed E-state index contributed by atoms with van der Waals surface area (Å²) in [7, 11) is 0. The third-order valence-corrected chi connectivity index (χ3v) is 19.1. The number of nitrogens with two attached hydrogens (primary N) is 9. The minimum absolute atomic E-state index is 0.00321. The molecule has 1 unspecified atom stereocenters. The summed E-state index contributed by atoms with van der Waals surface area (Å²) in [5.41, 5.74) is 52.6. The van der Waals surface area contributed by atoms with Crippen molar-refractivity contribution in [3.63, 3.8) is 0 Å². The number of phenolic OH excluding ortho intramolecular Hbond substituents is 1. The van der Waals surface area contributed by atoms with Gasteiger partial charge in [-0.1, -0.05) is 90.4 Å². The number of aliphatic hydroxyl groups excluding tert-OH is 1. The van der Waals surface area contributed by atoms with Crippen molar-refractivity contribution in [1.29, 1.82) is 0 Å². The Morgan fingerprint density at radius 2 is 0.897 bits per heavy atom. The lowest BCUT2D eigenvalue weighted by molar-refractivity contribution is -0.143. The third-order valence-electron chi connectivity index (χ3n) is 19.1. The van der Waals surface area contributed by atoms with Crippen molar-refractivity contribution in [3.8, 4) is 5.75 Å². The number of hydrogen-bond acceptors (Lipinski definition) is 21. The topological polar surface area (TPSA) is 689 Å². The highest BCUT2D eigenvalue weighted by Crippen LogP contribution is 2.23. The highest BCUT2D eigenvalue weighted by molar-refractivity contribution is 6.00. The summed E-state index contributed by atoms with van der Waals surface area (Å²) in [4.78, 5) is 197. The van der Waals surface area contributed by atoms with Crippen molar-refractivity contribution in [3.05, 3.63) is 65.7 Å². The van der Waals surface area contributed by atoms with Gasteiger partial charge in [0.25, 0.3) is 0 Å². The molecule has 1 fully saturated rings. The maximum atomic E-state index is 15.1. The molecule has 1 heterocycles. The molecule has 40 nitrogen and oxygen atoms in total. The van der Waals surface area contributed by atoms with Crippen LogP contribution in [0.3, 0.4) is 0 Å². The van der Waals surface area contributed by atoms with Crippen LogP contribution in [0.5, 0.6) is 5.75 Å². The number of carbonyl (C=O) groups excluding carboxylic acids is 12. The van der Waals surface area contributed by atoms with E-state index in [1.807, 2.05) is 13.8 Å². The van der Waals surface area contributed by atoms with Crippen LogP contribution in [-0.2, 0) is 75.2 Å². The molecular weight excluding hydrogens is 1500 g/mol. The van der Waals surface area contributed by atoms with Gasteiger partial charge in [-0.15, -0.1) is 0 Å². The van der Waals surface area contributed by atoms with Crippen molar-refractivity contribution in [2.45, 2.75) is 236 Å². The predicted octanol–water partition coefficient (Wildman–Crippen LogP) is -4.91. The van der Waals surface area contributed by atoms with Gasteiger partial charge in [0.15, 0.2) is 17.9 Å². The Kier molecular flexibility index (Phi) is 45.5. The van der Waals surface area contributed by atoms with Crippen LogP contribution in [0.2, 0.25) is 0 Å². The molecule has 0 spiro atoms. The molecule has 2 aromatic rings. The normalized spacial score (nSPS) is 15.6. The van der Waals surface area contributed by atoms with Crippen LogP contribution in [0.25, 0.3) is 0 Å². The first-order chi connectivity index (χ1) is 55.0. The van der Waals surface area contributed by atoms with E-state index < -0.39 is 168 Å². The van der Waals surface area contributed by atoms with E-state index in [4.69, 9.17) is 51.6 Å². The summed E-state index contributed by atoms with van der Waals surface area (Å²) >= 11 is 0. The van der Waals surface area contributed by atoms with E-state index in [1.54, 1.807) is 70.2 Å². The van der Waals surface area contributed by atoms with Crippen LogP contribution >= 0.6 is 0 Å². The maximum Gasteiger partial charge on any atom is 0.326 e. The molecule has 0 aliphatic carbocycles. The molecule has 13 atom stereocenters. The van der Waals surface area contributed by atoms with Gasteiger partial charge in [-0.2, -0.15) is 0 Å². The van der Waals surface area contributed by atoms with Gasteiger partial charge in [-0.05, 0) is 163 Å². The Labute approximate surface area is 677 Å². The van der Waals surface area contributed by atoms with Gasteiger partial charge in [0.1, 0.15) is 72.2 Å². The second kappa shape index (κ2) is 53.2. The van der Waals surface area contributed by atoms with Gasteiger partial charge in [0.05, 0.1) is 19.2 Å². The van der Waals surface area contributed by atoms with Gasteiger partial charge in [-0.3, -0.25) is 72.5 Å². The average molecular weight is 1630 g/mol. The molecule has 40 heteroatoms. The molecule has 32 N–H and O–H groups in total. The molecule has 2 aromatic carbocycles. The minimum Gasteiger partial charge on any atom is -0.508 e. The highest BCUT2D eigenvalue weighted by atomic mass is 16.4. The van der Waals surface area contributed by atoms with Gasteiger partial charge in [0, 0.05) is 32.6 Å². The number of amides is 12. The van der Waals surface area contributed by atoms with Gasteiger partial charge < -0.3 is 130 Å². The van der Waals surface area contributed by atoms with E-state index in [9.17, 15) is 72.9 Å². The van der Waals surface area contributed by atoms with Crippen molar-refractivity contribution < 1.29 is 77.6 Å². The number of benzene rings is 2. The van der Waals surface area contributed by atoms with Crippen LogP contribution in [0.15, 0.2) is 69.6 Å². The molecular formula is C76H128N24O16. The maximum absolute atomic E-state index is 15.1. The highest BCUT2D eigenvalue weighted by Gasteiger charge is 2.42. The zero-order valence-corrected chi connectivity index (χ0v) is 67.6. The molecule has 1 aliphatic rings. The quantitative estimate of drug-likeness (QED) is 0.0168. The fourth-order valence-corrected chi connectivity index (χ4v) is 12.6. The molecule has 12 amide bonds. The van der Waals surface area contributed by atoms with Crippen molar-refractivity contribution in [2.24, 2.45) is 84.3 Å². The molecule has 1 saturated heterocycles. The second-order valence-corrected chi connectivity index (χ2v) is 29.8. The fourth-order valence-electron chi connectivity index (χ4n) is 12.6. The number of aliphatic imine (C=N–C) groups is 3. The smallest absolute Gasteiger partial charge is 0.326 e. The van der Waals surface area contributed by atoms with Crippen LogP contribution < -0.4 is 110 Å². The Morgan fingerprint density at radius 1 is 0.474 bits per heavy atom. The number of hydrogen-bond donors (Lipinski definition) is 23. The number of carboxylic acid groups (broad SMARTS) is 1. The number of nitrogens with one attached hydrogen (secondary N) is 11. The molecule has 0 radical (unpaired) electrons. The molecule has 0 saturated carbocycles. The van der Waals surface area contributed by atoms with Crippen LogP contribution in [0.1, 0.15) is 162 Å². The number of aliphatic carboxylic acids is 1. The Hall–Kier alpha value is -11.0. The molecule has 1 aliphatic heterocycles. The summed E-state index contributed by atoms with van der Waals surface area (Å²) in [6, 6.07) is -1.83. The van der Waals surface area contributed by atoms with Gasteiger partial charge in [-0.25, -0.2) is 4.79 Å². The number of aromatic hydroxyl groups is 1. The second-order valence-electron chi connectivity index (χ2n) is 29.8. The lowest BCUT2D eigenvalue weighted by atomic mass is 9.96. The lowest BCUT2D eigenvalue weighted by Gasteiger charge is -2.32. The molecule has 116 heavy (non-hydrogen) atoms. The number of rotatable bonds is 55. The number of likely N-dealkylation sites (tertiary alicyclic amines) is 1. The molecule has 0 aromatic heterocycles. The first-order valence-electron chi connectivity index (χ1n) is 39.6. The van der Waals surface area contributed by atoms with E-state index in [0.717, 1.165) is 0 Å². The number of guanidine groups is 3. The zero-order chi connectivity index (χ0) is 86.6. The van der Waals surface area contributed by atoms with Crippen molar-refractivity contribution in [1.82, 2.24) is 63.4 Å². The first-order valence-corrected chi connectivity index (χ1v) is 39.6. The molecule has 0 bridgehead atoms. The number of nitrogens with zero attached hydrogens (tertiary/aromatic N) is 4. The van der Waals surface area contributed by atoms with Crippen LogP contribution in [0, 0.1) is 17.8 Å². The summed E-state index contributed by atoms with van der Waals surface area (Å²) in [6.45, 7) is 9.46. The molecule has 3 rings (SSSR count). The largest absolute Gasteiger partial charge is 0.508 e. The summed E-state index contributed by atoms with van der Waals surface area (Å²) in [5, 5.41) is 58.7. The predicted molar refractivity (Wildman–Crippen MR) is 436 cm³/mol. The zero-order valence-electron chi connectivity index (χ0n) is 67.6. The van der Waals surface area contributed by atoms with Gasteiger partial charge in [0.2, 0.25) is 70.9 Å². The van der Waals surface area contributed by atoms with Crippen molar-refractivity contribution >= 4 is 94.7 Å². The van der Waals surface area contributed by atoms with Crippen molar-refractivity contribution in [2.75, 3.05) is 52.4 Å². The van der Waals surface area contributed by atoms with Crippen LogP contribution in [-0.4, -0.2) is 240 Å². The number of aliphatic hydroxyl groups is 1.